The van der Waals surface area contributed by atoms with Gasteiger partial charge in [-0.1, -0.05) is 63.7 Å². The third-order valence-corrected chi connectivity index (χ3v) is 6.49. The molecule has 0 unspecified atom stereocenters. The molecule has 4 nitrogen and oxygen atoms in total. The molecule has 3 rings (SSSR count). The van der Waals surface area contributed by atoms with Crippen LogP contribution < -0.4 is 9.47 Å². The van der Waals surface area contributed by atoms with Crippen molar-refractivity contribution >= 4 is 75.3 Å². The summed E-state index contributed by atoms with van der Waals surface area (Å²) in [6.45, 7) is 0. The number of methoxy groups -OCH3 is 2. The SMILES string of the molecule is COc1c2c(c(OC)c3c1C(=O)C(Br)(Br)C3)C(=O)C(Br)(Br)C2. The molecule has 118 valence electrons. The number of alkyl halides is 4. The highest BCUT2D eigenvalue weighted by Gasteiger charge is 2.52. The first-order valence-electron chi connectivity index (χ1n) is 6.30. The quantitative estimate of drug-likeness (QED) is 0.509. The second-order valence-corrected chi connectivity index (χ2v) is 12.7. The molecule has 22 heavy (non-hydrogen) atoms. The van der Waals surface area contributed by atoms with E-state index in [1.807, 2.05) is 0 Å². The summed E-state index contributed by atoms with van der Waals surface area (Å²) in [7, 11) is 3.01. The number of rotatable bonds is 2. The largest absolute Gasteiger partial charge is 0.496 e. The minimum absolute atomic E-state index is 0.130. The molecule has 0 aromatic heterocycles. The fraction of sp³-hybridized carbons (Fsp3) is 0.429. The zero-order chi connectivity index (χ0) is 16.4. The van der Waals surface area contributed by atoms with Gasteiger partial charge in [-0.25, -0.2) is 0 Å². The number of carbonyl (C=O) groups excluding carboxylic acids is 2. The van der Waals surface area contributed by atoms with Gasteiger partial charge in [-0.3, -0.25) is 9.59 Å². The summed E-state index contributed by atoms with van der Waals surface area (Å²) in [5.41, 5.74) is 2.31. The average Bonchev–Trinajstić information content (AvgIpc) is 2.80. The molecule has 0 aliphatic heterocycles. The van der Waals surface area contributed by atoms with Crippen molar-refractivity contribution in [1.29, 1.82) is 0 Å². The van der Waals surface area contributed by atoms with Crippen LogP contribution in [0.5, 0.6) is 11.5 Å². The number of hydrogen-bond donors (Lipinski definition) is 0. The number of fused-ring (bicyclic) bond motifs is 2. The van der Waals surface area contributed by atoms with E-state index in [1.54, 1.807) is 0 Å². The van der Waals surface area contributed by atoms with Gasteiger partial charge in [0.15, 0.2) is 11.6 Å². The van der Waals surface area contributed by atoms with Gasteiger partial charge < -0.3 is 9.47 Å². The van der Waals surface area contributed by atoms with Crippen LogP contribution >= 0.6 is 63.7 Å². The minimum Gasteiger partial charge on any atom is -0.496 e. The van der Waals surface area contributed by atoms with Gasteiger partial charge in [0.2, 0.25) is 0 Å². The van der Waals surface area contributed by atoms with E-state index in [0.29, 0.717) is 46.6 Å². The molecule has 0 saturated heterocycles. The maximum absolute atomic E-state index is 12.7. The Morgan fingerprint density at radius 3 is 1.36 bits per heavy atom. The zero-order valence-electron chi connectivity index (χ0n) is 11.6. The van der Waals surface area contributed by atoms with Gasteiger partial charge in [0.1, 0.15) is 18.0 Å². The van der Waals surface area contributed by atoms with Gasteiger partial charge in [0.05, 0.1) is 25.3 Å². The monoisotopic (exact) mass is 558 g/mol. The van der Waals surface area contributed by atoms with Crippen molar-refractivity contribution in [3.63, 3.8) is 0 Å². The van der Waals surface area contributed by atoms with Gasteiger partial charge in [-0.15, -0.1) is 0 Å². The molecule has 0 atom stereocenters. The van der Waals surface area contributed by atoms with E-state index in [-0.39, 0.29) is 11.6 Å². The number of ketones is 2. The van der Waals surface area contributed by atoms with Gasteiger partial charge in [0, 0.05) is 24.0 Å². The molecule has 0 spiro atoms. The van der Waals surface area contributed by atoms with Crippen LogP contribution in [0.1, 0.15) is 31.8 Å². The first-order chi connectivity index (χ1) is 10.2. The third-order valence-electron chi connectivity index (χ3n) is 3.93. The summed E-state index contributed by atoms with van der Waals surface area (Å²) >= 11 is 13.6. The Bertz CT molecular complexity index is 663. The summed E-state index contributed by atoms with van der Waals surface area (Å²) in [5.74, 6) is 0.639. The second kappa shape index (κ2) is 5.29. The number of Topliss-reactive ketones (excluding diaryl/α,β-unsaturated/α-hetero) is 2. The average molecular weight is 562 g/mol. The lowest BCUT2D eigenvalue weighted by atomic mass is 9.98. The maximum atomic E-state index is 12.7. The predicted molar refractivity (Wildman–Crippen MR) is 96.8 cm³/mol. The summed E-state index contributed by atoms with van der Waals surface area (Å²) < 4.78 is 9.21. The van der Waals surface area contributed by atoms with Crippen molar-refractivity contribution in [2.24, 2.45) is 0 Å². The highest BCUT2D eigenvalue weighted by molar-refractivity contribution is 9.26. The Labute approximate surface area is 160 Å². The fourth-order valence-electron chi connectivity index (χ4n) is 3.04. The van der Waals surface area contributed by atoms with Crippen LogP contribution in [0.3, 0.4) is 0 Å². The topological polar surface area (TPSA) is 52.6 Å². The van der Waals surface area contributed by atoms with E-state index in [4.69, 9.17) is 9.47 Å². The standard InChI is InChI=1S/C14H10Br4O4/c1-21-9-5-3-13(15,16)12(20)8(5)10(22-2)6-4-14(17,18)11(19)7(6)9/h3-4H2,1-2H3. The summed E-state index contributed by atoms with van der Waals surface area (Å²) in [5, 5.41) is 0. The molecule has 0 radical (unpaired) electrons. The van der Waals surface area contributed by atoms with E-state index in [2.05, 4.69) is 63.7 Å². The van der Waals surface area contributed by atoms with Crippen molar-refractivity contribution in [2.75, 3.05) is 14.2 Å². The predicted octanol–water partition coefficient (Wildman–Crippen LogP) is 4.15. The first kappa shape index (κ1) is 16.9. The number of carbonyl (C=O) groups is 2. The van der Waals surface area contributed by atoms with Crippen molar-refractivity contribution in [1.82, 2.24) is 0 Å². The van der Waals surface area contributed by atoms with Crippen molar-refractivity contribution < 1.29 is 19.1 Å². The molecule has 0 fully saturated rings. The maximum Gasteiger partial charge on any atom is 0.194 e. The lowest BCUT2D eigenvalue weighted by Gasteiger charge is -2.16. The van der Waals surface area contributed by atoms with E-state index >= 15 is 0 Å². The van der Waals surface area contributed by atoms with Crippen LogP contribution in [0.15, 0.2) is 0 Å². The number of halogens is 4. The molecule has 0 heterocycles. The zero-order valence-corrected chi connectivity index (χ0v) is 17.9. The third kappa shape index (κ3) is 2.17. The van der Waals surface area contributed by atoms with Crippen LogP contribution in [-0.2, 0) is 12.8 Å². The lowest BCUT2D eigenvalue weighted by molar-refractivity contribution is 0.0982. The molecular formula is C14H10Br4O4. The first-order valence-corrected chi connectivity index (χ1v) is 9.48. The second-order valence-electron chi connectivity index (χ2n) is 5.19. The Morgan fingerprint density at radius 1 is 0.773 bits per heavy atom. The summed E-state index contributed by atoms with van der Waals surface area (Å²) in [4.78, 5) is 25.3. The molecule has 0 bridgehead atoms. The van der Waals surface area contributed by atoms with E-state index in [1.165, 1.54) is 14.2 Å². The molecule has 2 aliphatic carbocycles. The van der Waals surface area contributed by atoms with Crippen LogP contribution in [0.2, 0.25) is 0 Å². The van der Waals surface area contributed by atoms with Gasteiger partial charge in [0.25, 0.3) is 0 Å². The fourth-order valence-corrected chi connectivity index (χ4v) is 4.96. The molecular weight excluding hydrogens is 552 g/mol. The van der Waals surface area contributed by atoms with Gasteiger partial charge in [-0.2, -0.15) is 0 Å². The van der Waals surface area contributed by atoms with E-state index < -0.39 is 6.47 Å². The molecule has 1 aromatic rings. The van der Waals surface area contributed by atoms with Gasteiger partial charge in [-0.05, 0) is 0 Å². The van der Waals surface area contributed by atoms with Crippen LogP contribution in [0, 0.1) is 0 Å². The molecule has 1 aromatic carbocycles. The Kier molecular flexibility index (Phi) is 4.07. The highest BCUT2D eigenvalue weighted by atomic mass is 79.9. The Morgan fingerprint density at radius 2 is 1.09 bits per heavy atom. The Balaban J connectivity index is 2.40. The van der Waals surface area contributed by atoms with Crippen molar-refractivity contribution in [3.8, 4) is 11.5 Å². The van der Waals surface area contributed by atoms with Crippen LogP contribution in [0.4, 0.5) is 0 Å². The lowest BCUT2D eigenvalue weighted by Crippen LogP contribution is -2.20. The smallest absolute Gasteiger partial charge is 0.194 e. The number of hydrogen-bond acceptors (Lipinski definition) is 4. The molecule has 8 heteroatoms. The molecule has 2 aliphatic rings. The minimum atomic E-state index is -0.888. The molecule has 0 N–H and O–H groups in total. The van der Waals surface area contributed by atoms with E-state index in [0.717, 1.165) is 0 Å². The summed E-state index contributed by atoms with van der Waals surface area (Å²) in [6.07, 6.45) is 0.748. The summed E-state index contributed by atoms with van der Waals surface area (Å²) in [6, 6.07) is 0. The Hall–Kier alpha value is 0.0800. The van der Waals surface area contributed by atoms with Crippen molar-refractivity contribution in [2.45, 2.75) is 19.3 Å². The van der Waals surface area contributed by atoms with Crippen molar-refractivity contribution in [3.05, 3.63) is 22.3 Å². The number of ether oxygens (including phenoxy) is 2. The van der Waals surface area contributed by atoms with Gasteiger partial charge >= 0.3 is 0 Å². The van der Waals surface area contributed by atoms with Crippen LogP contribution in [0.25, 0.3) is 0 Å². The van der Waals surface area contributed by atoms with E-state index in [9.17, 15) is 9.59 Å². The molecule has 0 amide bonds. The number of benzene rings is 1. The van der Waals surface area contributed by atoms with Crippen LogP contribution in [-0.4, -0.2) is 32.3 Å². The highest BCUT2D eigenvalue weighted by Crippen LogP contribution is 2.55. The molecule has 0 saturated carbocycles. The normalized spacial score (nSPS) is 20.8.